The molecule has 20 heavy (non-hydrogen) atoms. The van der Waals surface area contributed by atoms with Gasteiger partial charge < -0.3 is 14.7 Å². The van der Waals surface area contributed by atoms with E-state index in [-0.39, 0.29) is 5.60 Å². The zero-order chi connectivity index (χ0) is 15.0. The molecule has 0 radical (unpaired) electrons. The second kappa shape index (κ2) is 5.91. The molecule has 0 amide bonds. The van der Waals surface area contributed by atoms with Crippen molar-refractivity contribution >= 4 is 0 Å². The molecule has 3 unspecified atom stereocenters. The molecular formula is C16H32N2O2. The smallest absolute Gasteiger partial charge is 0.0789 e. The van der Waals surface area contributed by atoms with Crippen LogP contribution in [0.3, 0.4) is 0 Å². The molecule has 0 aliphatic carbocycles. The Morgan fingerprint density at radius 2 is 2.00 bits per heavy atom. The molecule has 1 N–H and O–H groups in total. The van der Waals surface area contributed by atoms with Crippen molar-refractivity contribution in [3.05, 3.63) is 0 Å². The Morgan fingerprint density at radius 3 is 2.55 bits per heavy atom. The van der Waals surface area contributed by atoms with Crippen molar-refractivity contribution < 1.29 is 9.84 Å². The lowest BCUT2D eigenvalue weighted by atomic mass is 10.0. The molecule has 2 rings (SSSR count). The Labute approximate surface area is 124 Å². The van der Waals surface area contributed by atoms with Crippen LogP contribution in [0.15, 0.2) is 0 Å². The fraction of sp³-hybridized carbons (Fsp3) is 1.00. The van der Waals surface area contributed by atoms with Gasteiger partial charge >= 0.3 is 0 Å². The zero-order valence-corrected chi connectivity index (χ0v) is 13.9. The highest BCUT2D eigenvalue weighted by atomic mass is 16.5. The van der Waals surface area contributed by atoms with Crippen LogP contribution in [0.25, 0.3) is 0 Å². The summed E-state index contributed by atoms with van der Waals surface area (Å²) in [6.07, 6.45) is 3.18. The second-order valence-corrected chi connectivity index (χ2v) is 7.59. The Balaban J connectivity index is 1.84. The van der Waals surface area contributed by atoms with Gasteiger partial charge in [0.1, 0.15) is 0 Å². The molecule has 0 bridgehead atoms. The highest BCUT2D eigenvalue weighted by Crippen LogP contribution is 2.31. The van der Waals surface area contributed by atoms with Crippen LogP contribution in [0.2, 0.25) is 0 Å². The van der Waals surface area contributed by atoms with E-state index >= 15 is 0 Å². The van der Waals surface area contributed by atoms with Gasteiger partial charge in [0.25, 0.3) is 0 Å². The first-order valence-electron chi connectivity index (χ1n) is 8.00. The second-order valence-electron chi connectivity index (χ2n) is 7.59. The molecule has 2 fully saturated rings. The third-order valence-corrected chi connectivity index (χ3v) is 5.12. The predicted octanol–water partition coefficient (Wildman–Crippen LogP) is 1.72. The number of β-amino-alcohol motifs (C(OH)–C–C–N with tert-alkyl or cyclic N) is 1. The zero-order valence-electron chi connectivity index (χ0n) is 13.9. The number of aliphatic hydroxyl groups is 1. The fourth-order valence-corrected chi connectivity index (χ4v) is 3.80. The first-order valence-corrected chi connectivity index (χ1v) is 8.00. The maximum Gasteiger partial charge on any atom is 0.0789 e. The van der Waals surface area contributed by atoms with Crippen molar-refractivity contribution in [1.29, 1.82) is 0 Å². The van der Waals surface area contributed by atoms with Crippen molar-refractivity contribution in [3.8, 4) is 0 Å². The van der Waals surface area contributed by atoms with Gasteiger partial charge in [0.2, 0.25) is 0 Å². The maximum absolute atomic E-state index is 10.3. The average Bonchev–Trinajstić information content (AvgIpc) is 2.88. The van der Waals surface area contributed by atoms with E-state index < -0.39 is 5.60 Å². The van der Waals surface area contributed by atoms with Gasteiger partial charge in [0, 0.05) is 38.8 Å². The van der Waals surface area contributed by atoms with E-state index in [1.807, 2.05) is 14.0 Å². The molecule has 4 nitrogen and oxygen atoms in total. The highest BCUT2D eigenvalue weighted by Gasteiger charge is 2.40. The van der Waals surface area contributed by atoms with E-state index in [4.69, 9.17) is 4.74 Å². The predicted molar refractivity (Wildman–Crippen MR) is 82.0 cm³/mol. The summed E-state index contributed by atoms with van der Waals surface area (Å²) >= 11 is 0. The van der Waals surface area contributed by atoms with Crippen LogP contribution >= 0.6 is 0 Å². The van der Waals surface area contributed by atoms with E-state index in [1.54, 1.807) is 0 Å². The molecule has 0 aromatic carbocycles. The Bertz CT molecular complexity index is 332. The van der Waals surface area contributed by atoms with Crippen LogP contribution in [-0.2, 0) is 4.74 Å². The van der Waals surface area contributed by atoms with Gasteiger partial charge in [-0.1, -0.05) is 0 Å². The number of methoxy groups -OCH3 is 1. The third-order valence-electron chi connectivity index (χ3n) is 5.12. The number of likely N-dealkylation sites (tertiary alicyclic amines) is 2. The fourth-order valence-electron chi connectivity index (χ4n) is 3.80. The molecule has 4 heteroatoms. The first-order chi connectivity index (χ1) is 9.25. The third kappa shape index (κ3) is 3.73. The van der Waals surface area contributed by atoms with Gasteiger partial charge in [-0.25, -0.2) is 0 Å². The molecule has 118 valence electrons. The van der Waals surface area contributed by atoms with Crippen LogP contribution < -0.4 is 0 Å². The average molecular weight is 284 g/mol. The highest BCUT2D eigenvalue weighted by molar-refractivity contribution is 4.96. The van der Waals surface area contributed by atoms with Crippen LogP contribution in [0.1, 0.15) is 47.0 Å². The van der Waals surface area contributed by atoms with Gasteiger partial charge in [0.05, 0.1) is 11.2 Å². The van der Waals surface area contributed by atoms with Gasteiger partial charge in [-0.2, -0.15) is 0 Å². The van der Waals surface area contributed by atoms with E-state index in [1.165, 1.54) is 0 Å². The van der Waals surface area contributed by atoms with Crippen molar-refractivity contribution in [3.63, 3.8) is 0 Å². The molecule has 0 spiro atoms. The summed E-state index contributed by atoms with van der Waals surface area (Å²) in [6.45, 7) is 12.7. The molecule has 2 aliphatic heterocycles. The molecular weight excluding hydrogens is 252 g/mol. The molecule has 0 aromatic rings. The summed E-state index contributed by atoms with van der Waals surface area (Å²) < 4.78 is 5.60. The van der Waals surface area contributed by atoms with Gasteiger partial charge in [-0.3, -0.25) is 4.90 Å². The van der Waals surface area contributed by atoms with Crippen LogP contribution in [-0.4, -0.2) is 71.5 Å². The largest absolute Gasteiger partial charge is 0.389 e. The molecule has 2 heterocycles. The minimum atomic E-state index is -0.513. The van der Waals surface area contributed by atoms with E-state index in [0.717, 1.165) is 45.4 Å². The normalized spacial score (nSPS) is 40.0. The lowest BCUT2D eigenvalue weighted by Gasteiger charge is -2.30. The summed E-state index contributed by atoms with van der Waals surface area (Å²) in [7, 11) is 1.82. The summed E-state index contributed by atoms with van der Waals surface area (Å²) in [4.78, 5) is 4.97. The topological polar surface area (TPSA) is 35.9 Å². The first kappa shape index (κ1) is 16.2. The SMILES string of the molecule is COC1(C)CCN(CCC2CC(C)(O)CN2C(C)C)C1. The molecule has 2 saturated heterocycles. The van der Waals surface area contributed by atoms with Crippen molar-refractivity contribution in [2.45, 2.75) is 70.2 Å². The molecule has 0 aromatic heterocycles. The monoisotopic (exact) mass is 284 g/mol. The number of ether oxygens (including phenoxy) is 1. The maximum atomic E-state index is 10.3. The van der Waals surface area contributed by atoms with E-state index in [2.05, 4.69) is 30.6 Å². The van der Waals surface area contributed by atoms with Crippen LogP contribution in [0.5, 0.6) is 0 Å². The van der Waals surface area contributed by atoms with Crippen molar-refractivity contribution in [1.82, 2.24) is 9.80 Å². The Morgan fingerprint density at radius 1 is 1.30 bits per heavy atom. The summed E-state index contributed by atoms with van der Waals surface area (Å²) in [6, 6.07) is 1.02. The molecule has 2 aliphatic rings. The van der Waals surface area contributed by atoms with Gasteiger partial charge in [-0.15, -0.1) is 0 Å². The standard InChI is InChI=1S/C16H32N2O2/c1-13(2)18-11-15(3,19)10-14(18)6-8-17-9-7-16(4,12-17)20-5/h13-14,19H,6-12H2,1-5H3. The summed E-state index contributed by atoms with van der Waals surface area (Å²) in [5.74, 6) is 0. The number of hydrogen-bond acceptors (Lipinski definition) is 4. The van der Waals surface area contributed by atoms with Crippen LogP contribution in [0.4, 0.5) is 0 Å². The van der Waals surface area contributed by atoms with E-state index in [9.17, 15) is 5.11 Å². The Hall–Kier alpha value is -0.160. The minimum absolute atomic E-state index is 0.0406. The number of nitrogens with zero attached hydrogens (tertiary/aromatic N) is 2. The van der Waals surface area contributed by atoms with Crippen molar-refractivity contribution in [2.75, 3.05) is 33.3 Å². The molecule has 3 atom stereocenters. The van der Waals surface area contributed by atoms with Gasteiger partial charge in [-0.05, 0) is 53.5 Å². The number of hydrogen-bond donors (Lipinski definition) is 1. The lowest BCUT2D eigenvalue weighted by Crippen LogP contribution is -2.39. The summed E-state index contributed by atoms with van der Waals surface area (Å²) in [5, 5.41) is 10.3. The lowest BCUT2D eigenvalue weighted by molar-refractivity contribution is 0.0142. The summed E-state index contributed by atoms with van der Waals surface area (Å²) in [5.41, 5.74) is -0.472. The van der Waals surface area contributed by atoms with Crippen molar-refractivity contribution in [2.24, 2.45) is 0 Å². The van der Waals surface area contributed by atoms with E-state index in [0.29, 0.717) is 12.1 Å². The quantitative estimate of drug-likeness (QED) is 0.834. The Kier molecular flexibility index (Phi) is 4.80. The molecule has 0 saturated carbocycles. The minimum Gasteiger partial charge on any atom is -0.389 e. The number of rotatable bonds is 5. The van der Waals surface area contributed by atoms with Gasteiger partial charge in [0.15, 0.2) is 0 Å². The van der Waals surface area contributed by atoms with Crippen LogP contribution in [0, 0.1) is 0 Å².